The fourth-order valence-electron chi connectivity index (χ4n) is 2.39. The Morgan fingerprint density at radius 3 is 2.39 bits per heavy atom. The van der Waals surface area contributed by atoms with Crippen molar-refractivity contribution in [3.63, 3.8) is 0 Å². The fourth-order valence-corrected chi connectivity index (χ4v) is 3.76. The van der Waals surface area contributed by atoms with Crippen molar-refractivity contribution in [3.05, 3.63) is 29.1 Å². The Morgan fingerprint density at radius 1 is 1.00 bits per heavy atom. The van der Waals surface area contributed by atoms with Crippen LogP contribution >= 0.6 is 33.9 Å². The van der Waals surface area contributed by atoms with Gasteiger partial charge in [0.1, 0.15) is 17.2 Å². The van der Waals surface area contributed by atoms with Gasteiger partial charge in [-0.2, -0.15) is 0 Å². The zero-order valence-electron chi connectivity index (χ0n) is 12.9. The van der Waals surface area contributed by atoms with Gasteiger partial charge in [0.25, 0.3) is 5.19 Å². The van der Waals surface area contributed by atoms with Gasteiger partial charge >= 0.3 is 0 Å². The summed E-state index contributed by atoms with van der Waals surface area (Å²) in [6.45, 7) is 0. The van der Waals surface area contributed by atoms with Gasteiger partial charge in [0, 0.05) is 26.8 Å². The highest BCUT2D eigenvalue weighted by Gasteiger charge is 2.16. The van der Waals surface area contributed by atoms with Crippen LogP contribution in [0.2, 0.25) is 0 Å². The predicted molar refractivity (Wildman–Crippen MR) is 100 cm³/mol. The topological polar surface area (TPSA) is 53.5 Å². The third kappa shape index (κ3) is 2.94. The van der Waals surface area contributed by atoms with Crippen LogP contribution in [0.1, 0.15) is 5.56 Å². The number of rotatable bonds is 5. The lowest BCUT2D eigenvalue weighted by Gasteiger charge is -2.13. The summed E-state index contributed by atoms with van der Waals surface area (Å²) in [6, 6.07) is 5.83. The van der Waals surface area contributed by atoms with E-state index in [2.05, 4.69) is 27.6 Å². The molecule has 0 saturated heterocycles. The van der Waals surface area contributed by atoms with Gasteiger partial charge in [-0.1, -0.05) is 33.9 Å². The molecule has 120 valence electrons. The molecule has 23 heavy (non-hydrogen) atoms. The molecule has 0 aliphatic carbocycles. The number of hydrogen-bond acceptors (Lipinski definition) is 6. The van der Waals surface area contributed by atoms with E-state index in [1.807, 2.05) is 23.6 Å². The minimum absolute atomic E-state index is 0.612. The second-order valence-corrected chi connectivity index (χ2v) is 6.27. The van der Waals surface area contributed by atoms with Gasteiger partial charge < -0.3 is 14.2 Å². The van der Waals surface area contributed by atoms with Gasteiger partial charge in [-0.25, -0.2) is 9.97 Å². The Hall–Kier alpha value is -1.61. The molecule has 2 aromatic heterocycles. The Kier molecular flexibility index (Phi) is 4.86. The molecule has 0 fully saturated rings. The lowest BCUT2D eigenvalue weighted by Crippen LogP contribution is -1.97. The second-order valence-electron chi connectivity index (χ2n) is 4.69. The fraction of sp³-hybridized carbons (Fsp3) is 0.250. The smallest absolute Gasteiger partial charge is 0.273 e. The molecule has 0 saturated carbocycles. The number of aromatic nitrogens is 2. The van der Waals surface area contributed by atoms with Crippen LogP contribution in [-0.2, 0) is 4.43 Å². The lowest BCUT2D eigenvalue weighted by molar-refractivity contribution is 0.411. The van der Waals surface area contributed by atoms with Crippen molar-refractivity contribution in [1.29, 1.82) is 0 Å². The van der Waals surface area contributed by atoms with Crippen molar-refractivity contribution in [2.24, 2.45) is 0 Å². The highest BCUT2D eigenvalue weighted by atomic mass is 127. The maximum absolute atomic E-state index is 5.56. The number of methoxy groups -OCH3 is 3. The van der Waals surface area contributed by atoms with E-state index in [1.165, 1.54) is 11.3 Å². The molecule has 0 bridgehead atoms. The van der Waals surface area contributed by atoms with Crippen LogP contribution in [0.4, 0.5) is 0 Å². The van der Waals surface area contributed by atoms with Crippen molar-refractivity contribution < 1.29 is 14.2 Å². The molecule has 3 aromatic rings. The zero-order valence-corrected chi connectivity index (χ0v) is 15.9. The lowest BCUT2D eigenvalue weighted by atomic mass is 10.1. The van der Waals surface area contributed by atoms with Crippen LogP contribution in [0.5, 0.6) is 16.7 Å². The largest absolute Gasteiger partial charge is 0.496 e. The van der Waals surface area contributed by atoms with Gasteiger partial charge in [0.05, 0.1) is 32.5 Å². The second kappa shape index (κ2) is 6.88. The molecular formula is C16H15IN2O3S. The quantitative estimate of drug-likeness (QED) is 0.435. The van der Waals surface area contributed by atoms with Gasteiger partial charge in [-0.05, 0) is 12.1 Å². The van der Waals surface area contributed by atoms with E-state index >= 15 is 0 Å². The summed E-state index contributed by atoms with van der Waals surface area (Å²) in [7, 11) is 4.94. The van der Waals surface area contributed by atoms with E-state index in [1.54, 1.807) is 21.3 Å². The highest BCUT2D eigenvalue weighted by Crippen LogP contribution is 2.36. The first-order valence-electron chi connectivity index (χ1n) is 6.82. The summed E-state index contributed by atoms with van der Waals surface area (Å²) >= 11 is 3.76. The van der Waals surface area contributed by atoms with E-state index in [4.69, 9.17) is 19.2 Å². The van der Waals surface area contributed by atoms with E-state index in [9.17, 15) is 0 Å². The number of thiazole rings is 1. The Balaban J connectivity index is 2.27. The molecule has 7 heteroatoms. The molecule has 5 nitrogen and oxygen atoms in total. The molecule has 2 heterocycles. The Bertz CT molecular complexity index is 851. The molecule has 0 atom stereocenters. The van der Waals surface area contributed by atoms with Gasteiger partial charge in [-0.3, -0.25) is 0 Å². The molecule has 0 amide bonds. The monoisotopic (exact) mass is 442 g/mol. The maximum Gasteiger partial charge on any atom is 0.273 e. The van der Waals surface area contributed by atoms with E-state index in [0.717, 1.165) is 43.8 Å². The molecule has 0 radical (unpaired) electrons. The molecule has 0 spiro atoms. The maximum atomic E-state index is 5.56. The number of halogens is 1. The number of hydrogen-bond donors (Lipinski definition) is 0. The summed E-state index contributed by atoms with van der Waals surface area (Å²) < 4.78 is 17.0. The average Bonchev–Trinajstić information content (AvgIpc) is 3.08. The van der Waals surface area contributed by atoms with Crippen LogP contribution < -0.4 is 14.2 Å². The molecule has 0 aliphatic heterocycles. The summed E-state index contributed by atoms with van der Waals surface area (Å²) in [6.07, 6.45) is 0. The average molecular weight is 442 g/mol. The number of ether oxygens (including phenoxy) is 3. The standard InChI is InChI=1S/C16H15IN2O3S/c1-20-13-5-4-9-14(21-2)6-11(18-15(9)10(13)7-17)12-8-23-16(19-12)22-3/h4-6,8H,7H2,1-3H3. The minimum atomic E-state index is 0.612. The van der Waals surface area contributed by atoms with E-state index in [-0.39, 0.29) is 0 Å². The van der Waals surface area contributed by atoms with E-state index < -0.39 is 0 Å². The van der Waals surface area contributed by atoms with Crippen molar-refractivity contribution in [1.82, 2.24) is 9.97 Å². The SMILES string of the molecule is COc1nc(-c2cc(OC)c3ccc(OC)c(CI)c3n2)cs1. The normalized spacial score (nSPS) is 10.8. The van der Waals surface area contributed by atoms with Gasteiger partial charge in [0.15, 0.2) is 0 Å². The number of fused-ring (bicyclic) bond motifs is 1. The summed E-state index contributed by atoms with van der Waals surface area (Å²) in [5, 5.41) is 3.50. The zero-order chi connectivity index (χ0) is 16.4. The van der Waals surface area contributed by atoms with Crippen LogP contribution in [-0.4, -0.2) is 31.3 Å². The van der Waals surface area contributed by atoms with Crippen LogP contribution in [0.3, 0.4) is 0 Å². The molecule has 0 unspecified atom stereocenters. The Labute approximate surface area is 151 Å². The van der Waals surface area contributed by atoms with E-state index in [0.29, 0.717) is 5.19 Å². The number of benzene rings is 1. The molecule has 0 N–H and O–H groups in total. The third-order valence-electron chi connectivity index (χ3n) is 3.50. The first-order valence-corrected chi connectivity index (χ1v) is 9.22. The van der Waals surface area contributed by atoms with Gasteiger partial charge in [-0.15, -0.1) is 0 Å². The van der Waals surface area contributed by atoms with Crippen molar-refractivity contribution in [2.75, 3.05) is 21.3 Å². The van der Waals surface area contributed by atoms with Crippen LogP contribution in [0.15, 0.2) is 23.6 Å². The molecule has 3 rings (SSSR count). The van der Waals surface area contributed by atoms with Crippen molar-refractivity contribution >= 4 is 44.8 Å². The van der Waals surface area contributed by atoms with Crippen molar-refractivity contribution in [2.45, 2.75) is 4.43 Å². The van der Waals surface area contributed by atoms with Crippen LogP contribution in [0.25, 0.3) is 22.3 Å². The Morgan fingerprint density at radius 2 is 1.78 bits per heavy atom. The summed E-state index contributed by atoms with van der Waals surface area (Å²) in [5.41, 5.74) is 3.45. The molecule has 1 aromatic carbocycles. The molecular weight excluding hydrogens is 427 g/mol. The number of alkyl halides is 1. The van der Waals surface area contributed by atoms with Crippen LogP contribution in [0, 0.1) is 0 Å². The van der Waals surface area contributed by atoms with Gasteiger partial charge in [0.2, 0.25) is 0 Å². The predicted octanol–water partition coefficient (Wildman–Crippen LogP) is 4.32. The first kappa shape index (κ1) is 16.3. The van der Waals surface area contributed by atoms with Crippen molar-refractivity contribution in [3.8, 4) is 28.1 Å². The minimum Gasteiger partial charge on any atom is -0.496 e. The third-order valence-corrected chi connectivity index (χ3v) is 5.06. The molecule has 0 aliphatic rings. The highest BCUT2D eigenvalue weighted by molar-refractivity contribution is 14.1. The summed E-state index contributed by atoms with van der Waals surface area (Å²) in [5.74, 6) is 1.60. The first-order chi connectivity index (χ1) is 11.2. The number of nitrogens with zero attached hydrogens (tertiary/aromatic N) is 2. The number of pyridine rings is 1. The summed E-state index contributed by atoms with van der Waals surface area (Å²) in [4.78, 5) is 9.23.